The quantitative estimate of drug-likeness (QED) is 0.115. The number of rotatable bonds is 11. The van der Waals surface area contributed by atoms with Gasteiger partial charge in [-0.25, -0.2) is 10.2 Å². The molecular weight excluding hydrogens is 250 g/mol. The number of nitrogens with two attached hydrogens (primary N) is 3. The van der Waals surface area contributed by atoms with Gasteiger partial charge in [0, 0.05) is 19.1 Å². The van der Waals surface area contributed by atoms with E-state index in [0.717, 1.165) is 45.3 Å². The Labute approximate surface area is 113 Å². The zero-order valence-corrected chi connectivity index (χ0v) is 11.2. The van der Waals surface area contributed by atoms with E-state index in [4.69, 9.17) is 22.4 Å². The van der Waals surface area contributed by atoms with Crippen molar-refractivity contribution in [2.24, 2.45) is 22.2 Å². The SMILES string of the molecule is NCCCCNCC(N)CCCN=C(N)N[N+](=O)O. The fourth-order valence-electron chi connectivity index (χ4n) is 1.47. The standard InChI is InChI=1S/C10H26N7O2/c11-5-1-2-6-14-8-9(12)4-3-7-15-10(13)16-17(18)19/h9,14H,1-8,11-12H2,(H,18,19)(H3,13,15,16)/q+1. The summed E-state index contributed by atoms with van der Waals surface area (Å²) in [5, 5.41) is 11.1. The van der Waals surface area contributed by atoms with Crippen LogP contribution in [0.5, 0.6) is 0 Å². The first-order valence-electron chi connectivity index (χ1n) is 6.45. The van der Waals surface area contributed by atoms with Gasteiger partial charge in [0.15, 0.2) is 0 Å². The molecule has 0 aromatic carbocycles. The Hall–Kier alpha value is -1.45. The van der Waals surface area contributed by atoms with Crippen LogP contribution in [0.4, 0.5) is 0 Å². The monoisotopic (exact) mass is 276 g/mol. The summed E-state index contributed by atoms with van der Waals surface area (Å²) < 4.78 is 0. The van der Waals surface area contributed by atoms with Gasteiger partial charge in [0.1, 0.15) is 4.91 Å². The average Bonchev–Trinajstić information content (AvgIpc) is 2.33. The van der Waals surface area contributed by atoms with Crippen LogP contribution in [0.2, 0.25) is 0 Å². The molecule has 0 radical (unpaired) electrons. The van der Waals surface area contributed by atoms with Gasteiger partial charge in [0.2, 0.25) is 0 Å². The van der Waals surface area contributed by atoms with Gasteiger partial charge >= 0.3 is 5.03 Å². The number of hydrogen-bond donors (Lipinski definition) is 6. The number of hydrogen-bond acceptors (Lipinski definition) is 5. The predicted molar refractivity (Wildman–Crippen MR) is 73.4 cm³/mol. The fourth-order valence-corrected chi connectivity index (χ4v) is 1.47. The van der Waals surface area contributed by atoms with Crippen molar-refractivity contribution in [3.8, 4) is 0 Å². The highest BCUT2D eigenvalue weighted by molar-refractivity contribution is 5.76. The van der Waals surface area contributed by atoms with E-state index in [9.17, 15) is 4.91 Å². The van der Waals surface area contributed by atoms with Crippen LogP contribution >= 0.6 is 0 Å². The molecule has 1 unspecified atom stereocenters. The molecule has 1 atom stereocenters. The number of guanidine groups is 1. The van der Waals surface area contributed by atoms with Crippen LogP contribution in [0, 0.1) is 4.91 Å². The minimum absolute atomic E-state index is 0.0658. The maximum Gasteiger partial charge on any atom is 0.362 e. The summed E-state index contributed by atoms with van der Waals surface area (Å²) in [5.74, 6) is -0.119. The van der Waals surface area contributed by atoms with E-state index in [1.54, 1.807) is 0 Å². The number of hydrazine groups is 1. The van der Waals surface area contributed by atoms with Gasteiger partial charge in [0.05, 0.1) is 0 Å². The van der Waals surface area contributed by atoms with Crippen LogP contribution in [0.25, 0.3) is 0 Å². The summed E-state index contributed by atoms with van der Waals surface area (Å²) in [5.41, 5.74) is 18.5. The highest BCUT2D eigenvalue weighted by Crippen LogP contribution is 1.94. The van der Waals surface area contributed by atoms with Crippen LogP contribution < -0.4 is 27.9 Å². The lowest BCUT2D eigenvalue weighted by atomic mass is 10.1. The van der Waals surface area contributed by atoms with Gasteiger partial charge in [-0.15, -0.1) is 0 Å². The van der Waals surface area contributed by atoms with Crippen molar-refractivity contribution < 1.29 is 10.2 Å². The second-order valence-electron chi connectivity index (χ2n) is 4.25. The van der Waals surface area contributed by atoms with Crippen molar-refractivity contribution in [3.05, 3.63) is 4.91 Å². The zero-order valence-electron chi connectivity index (χ0n) is 11.2. The predicted octanol–water partition coefficient (Wildman–Crippen LogP) is -1.59. The molecule has 0 bridgehead atoms. The minimum atomic E-state index is -0.490. The lowest BCUT2D eigenvalue weighted by Gasteiger charge is -2.11. The van der Waals surface area contributed by atoms with Crippen molar-refractivity contribution in [2.45, 2.75) is 31.7 Å². The van der Waals surface area contributed by atoms with Gasteiger partial charge < -0.3 is 22.5 Å². The lowest BCUT2D eigenvalue weighted by Crippen LogP contribution is -2.37. The molecular formula is C10H26N7O2+. The molecule has 0 aliphatic heterocycles. The van der Waals surface area contributed by atoms with E-state index < -0.39 is 5.03 Å². The Morgan fingerprint density at radius 3 is 2.74 bits per heavy atom. The summed E-state index contributed by atoms with van der Waals surface area (Å²) in [6, 6.07) is 0.0658. The zero-order chi connectivity index (χ0) is 14.5. The number of unbranched alkanes of at least 4 members (excludes halogenated alkanes) is 1. The van der Waals surface area contributed by atoms with E-state index in [1.807, 2.05) is 5.43 Å². The van der Waals surface area contributed by atoms with Crippen molar-refractivity contribution in [1.29, 1.82) is 0 Å². The Bertz CT molecular complexity index is 273. The molecule has 0 saturated heterocycles. The Balaban J connectivity index is 3.47. The molecule has 112 valence electrons. The van der Waals surface area contributed by atoms with E-state index in [2.05, 4.69) is 10.3 Å². The minimum Gasteiger partial charge on any atom is -0.365 e. The van der Waals surface area contributed by atoms with Crippen LogP contribution in [0.1, 0.15) is 25.7 Å². The average molecular weight is 276 g/mol. The van der Waals surface area contributed by atoms with Gasteiger partial charge in [-0.2, -0.15) is 0 Å². The third-order valence-corrected chi connectivity index (χ3v) is 2.44. The van der Waals surface area contributed by atoms with Crippen LogP contribution in [-0.4, -0.2) is 48.4 Å². The third-order valence-electron chi connectivity index (χ3n) is 2.44. The molecule has 0 saturated carbocycles. The molecule has 0 aromatic rings. The number of nitrogens with zero attached hydrogens (tertiary/aromatic N) is 2. The van der Waals surface area contributed by atoms with Gasteiger partial charge in [-0.1, -0.05) is 0 Å². The summed E-state index contributed by atoms with van der Waals surface area (Å²) in [7, 11) is 0. The van der Waals surface area contributed by atoms with Crippen LogP contribution in [0.15, 0.2) is 4.99 Å². The van der Waals surface area contributed by atoms with Crippen molar-refractivity contribution in [3.63, 3.8) is 0 Å². The molecule has 0 amide bonds. The molecule has 0 heterocycles. The molecule has 9 N–H and O–H groups in total. The summed E-state index contributed by atoms with van der Waals surface area (Å²) in [4.78, 5) is 14.0. The molecule has 0 aromatic heterocycles. The number of nitrogens with one attached hydrogen (secondary N) is 2. The summed E-state index contributed by atoms with van der Waals surface area (Å²) in [6.07, 6.45) is 3.65. The second kappa shape index (κ2) is 11.6. The van der Waals surface area contributed by atoms with Gasteiger partial charge in [-0.05, 0) is 44.2 Å². The smallest absolute Gasteiger partial charge is 0.362 e. The van der Waals surface area contributed by atoms with Crippen LogP contribution in [0.3, 0.4) is 0 Å². The summed E-state index contributed by atoms with van der Waals surface area (Å²) >= 11 is 0. The van der Waals surface area contributed by atoms with E-state index in [-0.39, 0.29) is 12.0 Å². The normalized spacial score (nSPS) is 13.3. The Morgan fingerprint density at radius 2 is 2.11 bits per heavy atom. The first-order chi connectivity index (χ1) is 9.06. The largest absolute Gasteiger partial charge is 0.365 e. The first-order valence-corrected chi connectivity index (χ1v) is 6.45. The van der Waals surface area contributed by atoms with E-state index in [0.29, 0.717) is 6.54 Å². The number of aliphatic imine (C=N–C) groups is 1. The topological polar surface area (TPSA) is 155 Å². The van der Waals surface area contributed by atoms with Crippen LogP contribution in [-0.2, 0) is 0 Å². The molecule has 0 aliphatic carbocycles. The fraction of sp³-hybridized carbons (Fsp3) is 0.900. The molecule has 0 aliphatic rings. The third kappa shape index (κ3) is 12.8. The Kier molecular flexibility index (Phi) is 10.7. The maximum absolute atomic E-state index is 10.2. The lowest BCUT2D eigenvalue weighted by molar-refractivity contribution is -0.822. The highest BCUT2D eigenvalue weighted by Gasteiger charge is 2.05. The molecule has 19 heavy (non-hydrogen) atoms. The molecule has 9 heteroatoms. The molecule has 0 fully saturated rings. The van der Waals surface area contributed by atoms with Gasteiger partial charge in [0.25, 0.3) is 5.96 Å². The first kappa shape index (κ1) is 17.6. The van der Waals surface area contributed by atoms with Crippen molar-refractivity contribution in [1.82, 2.24) is 10.7 Å². The highest BCUT2D eigenvalue weighted by atomic mass is 16.7. The van der Waals surface area contributed by atoms with Gasteiger partial charge in [-0.3, -0.25) is 0 Å². The van der Waals surface area contributed by atoms with Crippen molar-refractivity contribution >= 4 is 5.96 Å². The Morgan fingerprint density at radius 1 is 1.37 bits per heavy atom. The maximum atomic E-state index is 10.2. The summed E-state index contributed by atoms with van der Waals surface area (Å²) in [6.45, 7) is 2.85. The molecule has 0 rings (SSSR count). The second-order valence-corrected chi connectivity index (χ2v) is 4.25. The molecule has 9 nitrogen and oxygen atoms in total. The van der Waals surface area contributed by atoms with E-state index >= 15 is 0 Å². The molecule has 0 spiro atoms. The van der Waals surface area contributed by atoms with Crippen molar-refractivity contribution in [2.75, 3.05) is 26.2 Å². The van der Waals surface area contributed by atoms with E-state index in [1.165, 1.54) is 0 Å².